The van der Waals surface area contributed by atoms with Gasteiger partial charge in [0.05, 0.1) is 13.3 Å². The number of hydrogen-bond acceptors (Lipinski definition) is 8. The van der Waals surface area contributed by atoms with Gasteiger partial charge >= 0.3 is 0 Å². The van der Waals surface area contributed by atoms with Crippen LogP contribution in [0.2, 0.25) is 0 Å². The van der Waals surface area contributed by atoms with Gasteiger partial charge in [0.2, 0.25) is 0 Å². The van der Waals surface area contributed by atoms with E-state index in [2.05, 4.69) is 25.1 Å². The number of phenolic OH excluding ortho intramolecular Hbond substituents is 1. The Morgan fingerprint density at radius 3 is 2.90 bits per heavy atom. The average Bonchev–Trinajstić information content (AvgIpc) is 2.87. The third kappa shape index (κ3) is 2.83. The van der Waals surface area contributed by atoms with Crippen LogP contribution in [-0.2, 0) is 0 Å². The van der Waals surface area contributed by atoms with Crippen molar-refractivity contribution >= 4 is 17.9 Å². The van der Waals surface area contributed by atoms with Gasteiger partial charge in [-0.25, -0.2) is 4.63 Å². The molecule has 0 radical (unpaired) electrons. The summed E-state index contributed by atoms with van der Waals surface area (Å²) in [5, 5.41) is 23.8. The molecule has 5 N–H and O–H groups in total. The zero-order chi connectivity index (χ0) is 14.5. The van der Waals surface area contributed by atoms with Crippen molar-refractivity contribution in [3.63, 3.8) is 0 Å². The van der Waals surface area contributed by atoms with Gasteiger partial charge in [0.1, 0.15) is 0 Å². The van der Waals surface area contributed by atoms with Crippen LogP contribution in [0.15, 0.2) is 33.0 Å². The lowest BCUT2D eigenvalue weighted by atomic mass is 10.2. The van der Waals surface area contributed by atoms with Crippen LogP contribution in [0.25, 0.3) is 0 Å². The molecular formula is C11H12N6O3. The first-order chi connectivity index (χ1) is 9.61. The number of phenols is 1. The van der Waals surface area contributed by atoms with E-state index in [0.717, 1.165) is 0 Å². The van der Waals surface area contributed by atoms with E-state index in [1.54, 1.807) is 12.1 Å². The molecule has 0 atom stereocenters. The van der Waals surface area contributed by atoms with Gasteiger partial charge in [-0.15, -0.1) is 5.10 Å². The van der Waals surface area contributed by atoms with E-state index in [1.807, 2.05) is 0 Å². The Morgan fingerprint density at radius 1 is 1.45 bits per heavy atom. The van der Waals surface area contributed by atoms with Crippen LogP contribution in [0.4, 0.5) is 5.82 Å². The molecule has 0 saturated carbocycles. The fourth-order valence-electron chi connectivity index (χ4n) is 1.35. The number of rotatable bonds is 4. The summed E-state index contributed by atoms with van der Waals surface area (Å²) in [4.78, 5) is 0. The molecule has 9 heteroatoms. The highest BCUT2D eigenvalue weighted by Crippen LogP contribution is 2.25. The summed E-state index contributed by atoms with van der Waals surface area (Å²) >= 11 is 0. The van der Waals surface area contributed by atoms with Crippen LogP contribution in [0.5, 0.6) is 11.5 Å². The largest absolute Gasteiger partial charge is 0.504 e. The van der Waals surface area contributed by atoms with Crippen LogP contribution >= 0.6 is 0 Å². The molecule has 0 fully saturated rings. The fourth-order valence-corrected chi connectivity index (χ4v) is 1.35. The Kier molecular flexibility index (Phi) is 3.80. The number of anilines is 1. The normalized spacial score (nSPS) is 11.9. The maximum absolute atomic E-state index is 9.45. The van der Waals surface area contributed by atoms with Crippen LogP contribution < -0.4 is 16.2 Å². The van der Waals surface area contributed by atoms with E-state index in [4.69, 9.17) is 16.2 Å². The van der Waals surface area contributed by atoms with E-state index >= 15 is 0 Å². The van der Waals surface area contributed by atoms with Gasteiger partial charge in [-0.2, -0.15) is 5.10 Å². The second-order valence-corrected chi connectivity index (χ2v) is 3.66. The summed E-state index contributed by atoms with van der Waals surface area (Å²) < 4.78 is 9.36. The van der Waals surface area contributed by atoms with Gasteiger partial charge in [0.15, 0.2) is 28.8 Å². The van der Waals surface area contributed by atoms with Gasteiger partial charge in [-0.1, -0.05) is 0 Å². The first-order valence-corrected chi connectivity index (χ1v) is 5.43. The van der Waals surface area contributed by atoms with Crippen molar-refractivity contribution in [1.82, 2.24) is 10.3 Å². The number of benzene rings is 1. The maximum Gasteiger partial charge on any atom is 0.199 e. The van der Waals surface area contributed by atoms with Crippen molar-refractivity contribution in [2.75, 3.05) is 12.8 Å². The summed E-state index contributed by atoms with van der Waals surface area (Å²) in [6, 6.07) is 4.71. The summed E-state index contributed by atoms with van der Waals surface area (Å²) in [6.45, 7) is 0. The fraction of sp³-hybridized carbons (Fsp3) is 0.0909. The first kappa shape index (κ1) is 13.3. The summed E-state index contributed by atoms with van der Waals surface area (Å²) in [7, 11) is 1.45. The molecule has 0 aliphatic rings. The Morgan fingerprint density at radius 2 is 2.25 bits per heavy atom. The monoisotopic (exact) mass is 276 g/mol. The Bertz CT molecular complexity index is 664. The molecule has 0 bridgehead atoms. The molecule has 0 spiro atoms. The van der Waals surface area contributed by atoms with Crippen LogP contribution in [0.3, 0.4) is 0 Å². The Hall–Kier alpha value is -3.10. The molecule has 0 saturated heterocycles. The van der Waals surface area contributed by atoms with Crippen molar-refractivity contribution in [2.45, 2.75) is 0 Å². The van der Waals surface area contributed by atoms with Gasteiger partial charge in [-0.3, -0.25) is 0 Å². The smallest absolute Gasteiger partial charge is 0.199 e. The minimum absolute atomic E-state index is 0.0225. The number of nitrogens with zero attached hydrogens (tertiary/aromatic N) is 4. The lowest BCUT2D eigenvalue weighted by Crippen LogP contribution is -2.15. The highest BCUT2D eigenvalue weighted by molar-refractivity contribution is 5.99. The van der Waals surface area contributed by atoms with E-state index in [9.17, 15) is 5.11 Å². The minimum atomic E-state index is -0.0225. The molecule has 0 unspecified atom stereocenters. The van der Waals surface area contributed by atoms with Crippen molar-refractivity contribution in [3.05, 3.63) is 29.5 Å². The molecule has 1 aromatic carbocycles. The molecule has 9 nitrogen and oxygen atoms in total. The minimum Gasteiger partial charge on any atom is -0.504 e. The van der Waals surface area contributed by atoms with Crippen molar-refractivity contribution in [1.29, 1.82) is 0 Å². The lowest BCUT2D eigenvalue weighted by Gasteiger charge is -2.02. The average molecular weight is 276 g/mol. The molecule has 20 heavy (non-hydrogen) atoms. The summed E-state index contributed by atoms with van der Waals surface area (Å²) in [5.41, 5.74) is 11.9. The van der Waals surface area contributed by atoms with Crippen LogP contribution in [0.1, 0.15) is 11.3 Å². The van der Waals surface area contributed by atoms with E-state index in [1.165, 1.54) is 19.4 Å². The SMILES string of the molecule is COc1cc(C=N/N=C(\N)c2nonc2N)ccc1O. The van der Waals surface area contributed by atoms with Crippen LogP contribution in [0, 0.1) is 0 Å². The number of amidine groups is 1. The van der Waals surface area contributed by atoms with Gasteiger partial charge in [-0.05, 0) is 34.1 Å². The van der Waals surface area contributed by atoms with Gasteiger partial charge in [0.25, 0.3) is 0 Å². The van der Waals surface area contributed by atoms with Crippen molar-refractivity contribution < 1.29 is 14.5 Å². The lowest BCUT2D eigenvalue weighted by molar-refractivity contribution is 0.308. The molecule has 2 aromatic rings. The standard InChI is InChI=1S/C11H12N6O3/c1-19-8-4-6(2-3-7(8)18)5-14-15-10(12)9-11(13)17-20-16-9/h2-5,18H,1H3,(H2,12,15)(H2,13,17). The molecule has 0 aliphatic heterocycles. The first-order valence-electron chi connectivity index (χ1n) is 5.43. The number of aromatic nitrogens is 2. The van der Waals surface area contributed by atoms with Gasteiger partial charge < -0.3 is 21.3 Å². The molecule has 2 rings (SSSR count). The Labute approximate surface area is 113 Å². The molecule has 1 aromatic heterocycles. The molecule has 0 aliphatic carbocycles. The van der Waals surface area contributed by atoms with Crippen molar-refractivity contribution in [2.24, 2.45) is 15.9 Å². The highest BCUT2D eigenvalue weighted by atomic mass is 16.6. The quantitative estimate of drug-likeness (QED) is 0.408. The van der Waals surface area contributed by atoms with E-state index in [0.29, 0.717) is 11.3 Å². The van der Waals surface area contributed by atoms with Crippen LogP contribution in [-0.4, -0.2) is 34.6 Å². The topological polar surface area (TPSA) is 145 Å². The molecule has 0 amide bonds. The number of aromatic hydroxyl groups is 1. The zero-order valence-corrected chi connectivity index (χ0v) is 10.5. The van der Waals surface area contributed by atoms with Gasteiger partial charge in [0, 0.05) is 0 Å². The number of methoxy groups -OCH3 is 1. The number of hydrogen-bond donors (Lipinski definition) is 3. The second-order valence-electron chi connectivity index (χ2n) is 3.66. The third-order valence-electron chi connectivity index (χ3n) is 2.33. The number of ether oxygens (including phenoxy) is 1. The predicted octanol–water partition coefficient (Wildman–Crippen LogP) is 0.105. The van der Waals surface area contributed by atoms with E-state index in [-0.39, 0.29) is 23.1 Å². The third-order valence-corrected chi connectivity index (χ3v) is 2.33. The molecule has 1 heterocycles. The van der Waals surface area contributed by atoms with Crippen molar-refractivity contribution in [3.8, 4) is 11.5 Å². The number of nitrogen functional groups attached to an aromatic ring is 1. The summed E-state index contributed by atoms with van der Waals surface area (Å²) in [6.07, 6.45) is 1.43. The molecule has 104 valence electrons. The Balaban J connectivity index is 2.16. The maximum atomic E-state index is 9.45. The number of nitrogens with two attached hydrogens (primary N) is 2. The van der Waals surface area contributed by atoms with E-state index < -0.39 is 0 Å². The predicted molar refractivity (Wildman–Crippen MR) is 71.7 cm³/mol. The zero-order valence-electron chi connectivity index (χ0n) is 10.5. The highest BCUT2D eigenvalue weighted by Gasteiger charge is 2.09. The summed E-state index contributed by atoms with van der Waals surface area (Å²) in [5.74, 6) is 0.378. The molecular weight excluding hydrogens is 264 g/mol. The second kappa shape index (κ2) is 5.69.